The molecule has 0 aliphatic carbocycles. The van der Waals surface area contributed by atoms with E-state index in [1.807, 2.05) is 24.3 Å². The van der Waals surface area contributed by atoms with Gasteiger partial charge in [0.15, 0.2) is 0 Å². The quantitative estimate of drug-likeness (QED) is 0.491. The van der Waals surface area contributed by atoms with Crippen molar-refractivity contribution in [1.82, 2.24) is 4.98 Å². The van der Waals surface area contributed by atoms with Gasteiger partial charge in [0.1, 0.15) is 5.69 Å². The molecule has 2 aromatic rings. The van der Waals surface area contributed by atoms with Crippen molar-refractivity contribution in [3.05, 3.63) is 59.3 Å². The minimum atomic E-state index is -0.0709. The van der Waals surface area contributed by atoms with Crippen LogP contribution >= 0.6 is 0 Å². The minimum Gasteiger partial charge on any atom is -0.481 e. The average molecular weight is 311 g/mol. The molecule has 0 aliphatic rings. The lowest BCUT2D eigenvalue weighted by molar-refractivity contribution is 0.103. The van der Waals surface area contributed by atoms with E-state index in [9.17, 15) is 4.79 Å². The highest BCUT2D eigenvalue weighted by atomic mass is 16.5. The molecule has 23 heavy (non-hydrogen) atoms. The van der Waals surface area contributed by atoms with Crippen molar-refractivity contribution in [2.45, 2.75) is 45.4 Å². The molecule has 0 radical (unpaired) electrons. The van der Waals surface area contributed by atoms with Gasteiger partial charge in [-0.25, -0.2) is 4.98 Å². The highest BCUT2D eigenvalue weighted by Gasteiger charge is 2.11. The summed E-state index contributed by atoms with van der Waals surface area (Å²) in [5.74, 6) is 0.387. The third-order valence-electron chi connectivity index (χ3n) is 3.95. The van der Waals surface area contributed by atoms with Crippen molar-refractivity contribution in [1.29, 1.82) is 0 Å². The highest BCUT2D eigenvalue weighted by molar-refractivity contribution is 6.07. The molecule has 0 bridgehead atoms. The molecule has 0 saturated carbocycles. The Balaban J connectivity index is 1.94. The predicted octanol–water partition coefficient (Wildman–Crippen LogP) is 4.83. The molecule has 0 saturated heterocycles. The molecule has 0 N–H and O–H groups in total. The lowest BCUT2D eigenvalue weighted by atomic mass is 10.0. The first-order valence-electron chi connectivity index (χ1n) is 8.39. The molecule has 1 aromatic carbocycles. The molecule has 0 spiro atoms. The number of carbonyl (C=O) groups excluding carboxylic acids is 1. The smallest absolute Gasteiger partial charge is 0.213 e. The summed E-state index contributed by atoms with van der Waals surface area (Å²) >= 11 is 0. The maximum Gasteiger partial charge on any atom is 0.213 e. The van der Waals surface area contributed by atoms with Crippen molar-refractivity contribution in [3.8, 4) is 5.88 Å². The Labute approximate surface area is 138 Å². The van der Waals surface area contributed by atoms with Crippen LogP contribution in [0.3, 0.4) is 0 Å². The SMILES string of the molecule is CCCCCCCc1ccc(C(=O)c2cccc(OC)n2)cc1. The maximum atomic E-state index is 12.4. The summed E-state index contributed by atoms with van der Waals surface area (Å²) in [6, 6.07) is 13.1. The molecule has 3 heteroatoms. The first kappa shape index (κ1) is 17.2. The molecule has 0 aliphatic heterocycles. The topological polar surface area (TPSA) is 39.2 Å². The van der Waals surface area contributed by atoms with Gasteiger partial charge in [0.05, 0.1) is 7.11 Å². The maximum absolute atomic E-state index is 12.4. The second-order valence-electron chi connectivity index (χ2n) is 5.76. The molecule has 0 fully saturated rings. The van der Waals surface area contributed by atoms with E-state index in [2.05, 4.69) is 11.9 Å². The first-order chi connectivity index (χ1) is 11.2. The number of ether oxygens (including phenoxy) is 1. The fourth-order valence-electron chi connectivity index (χ4n) is 2.56. The fraction of sp³-hybridized carbons (Fsp3) is 0.400. The van der Waals surface area contributed by atoms with Crippen molar-refractivity contribution in [2.75, 3.05) is 7.11 Å². The summed E-state index contributed by atoms with van der Waals surface area (Å²) in [6.07, 6.45) is 7.48. The van der Waals surface area contributed by atoms with Gasteiger partial charge < -0.3 is 4.74 Å². The average Bonchev–Trinajstić information content (AvgIpc) is 2.61. The van der Waals surface area contributed by atoms with Crippen molar-refractivity contribution in [2.24, 2.45) is 0 Å². The number of nitrogens with zero attached hydrogens (tertiary/aromatic N) is 1. The van der Waals surface area contributed by atoms with Crippen LogP contribution in [0.2, 0.25) is 0 Å². The Morgan fingerprint density at radius 1 is 1.00 bits per heavy atom. The zero-order valence-electron chi connectivity index (χ0n) is 14.0. The number of aryl methyl sites for hydroxylation is 1. The van der Waals surface area contributed by atoms with Crippen LogP contribution in [0, 0.1) is 0 Å². The van der Waals surface area contributed by atoms with Crippen LogP contribution in [-0.2, 0) is 6.42 Å². The summed E-state index contributed by atoms with van der Waals surface area (Å²) in [7, 11) is 1.55. The summed E-state index contributed by atoms with van der Waals surface area (Å²) in [4.78, 5) is 16.6. The molecule has 0 unspecified atom stereocenters. The Morgan fingerprint density at radius 3 is 2.43 bits per heavy atom. The Morgan fingerprint density at radius 2 is 1.74 bits per heavy atom. The summed E-state index contributed by atoms with van der Waals surface area (Å²) in [6.45, 7) is 2.23. The summed E-state index contributed by atoms with van der Waals surface area (Å²) < 4.78 is 5.07. The van der Waals surface area contributed by atoms with Crippen LogP contribution < -0.4 is 4.74 Å². The third-order valence-corrected chi connectivity index (χ3v) is 3.95. The molecule has 1 aromatic heterocycles. The number of pyridine rings is 1. The number of unbranched alkanes of at least 4 members (excludes halogenated alkanes) is 4. The van der Waals surface area contributed by atoms with Gasteiger partial charge in [-0.15, -0.1) is 0 Å². The van der Waals surface area contributed by atoms with Crippen molar-refractivity contribution < 1.29 is 9.53 Å². The first-order valence-corrected chi connectivity index (χ1v) is 8.39. The zero-order chi connectivity index (χ0) is 16.5. The number of aromatic nitrogens is 1. The number of rotatable bonds is 9. The lowest BCUT2D eigenvalue weighted by Crippen LogP contribution is -2.05. The van der Waals surface area contributed by atoms with Gasteiger partial charge in [0.25, 0.3) is 0 Å². The Bertz CT molecular complexity index is 620. The van der Waals surface area contributed by atoms with E-state index in [1.165, 1.54) is 37.7 Å². The number of ketones is 1. The molecule has 0 atom stereocenters. The molecule has 2 rings (SSSR count). The lowest BCUT2D eigenvalue weighted by Gasteiger charge is -2.05. The van der Waals surface area contributed by atoms with Crippen molar-refractivity contribution >= 4 is 5.78 Å². The number of hydrogen-bond donors (Lipinski definition) is 0. The van der Waals surface area contributed by atoms with E-state index < -0.39 is 0 Å². The Hall–Kier alpha value is -2.16. The largest absolute Gasteiger partial charge is 0.481 e. The van der Waals surface area contributed by atoms with Gasteiger partial charge >= 0.3 is 0 Å². The van der Waals surface area contributed by atoms with E-state index in [0.717, 1.165) is 6.42 Å². The van der Waals surface area contributed by atoms with Crippen LogP contribution in [0.5, 0.6) is 5.88 Å². The molecule has 122 valence electrons. The molecule has 3 nitrogen and oxygen atoms in total. The monoisotopic (exact) mass is 311 g/mol. The van der Waals surface area contributed by atoms with E-state index >= 15 is 0 Å². The number of carbonyl (C=O) groups is 1. The van der Waals surface area contributed by atoms with E-state index in [0.29, 0.717) is 17.1 Å². The van der Waals surface area contributed by atoms with Gasteiger partial charge in [-0.3, -0.25) is 4.79 Å². The van der Waals surface area contributed by atoms with Crippen LogP contribution in [-0.4, -0.2) is 17.9 Å². The van der Waals surface area contributed by atoms with Crippen LogP contribution in [0.4, 0.5) is 0 Å². The van der Waals surface area contributed by atoms with Crippen LogP contribution in [0.25, 0.3) is 0 Å². The van der Waals surface area contributed by atoms with Gasteiger partial charge in [-0.05, 0) is 24.5 Å². The minimum absolute atomic E-state index is 0.0709. The summed E-state index contributed by atoms with van der Waals surface area (Å²) in [5, 5.41) is 0. The fourth-order valence-corrected chi connectivity index (χ4v) is 2.56. The van der Waals surface area contributed by atoms with Gasteiger partial charge in [0.2, 0.25) is 11.7 Å². The molecular formula is C20H25NO2. The standard InChI is InChI=1S/C20H25NO2/c1-3-4-5-6-7-9-16-12-14-17(15-13-16)20(22)18-10-8-11-19(21-18)23-2/h8,10-15H,3-7,9H2,1-2H3. The van der Waals surface area contributed by atoms with E-state index in [1.54, 1.807) is 25.3 Å². The van der Waals surface area contributed by atoms with E-state index in [-0.39, 0.29) is 5.78 Å². The van der Waals surface area contributed by atoms with E-state index in [4.69, 9.17) is 4.74 Å². The summed E-state index contributed by atoms with van der Waals surface area (Å²) in [5.41, 5.74) is 2.37. The molecular weight excluding hydrogens is 286 g/mol. The van der Waals surface area contributed by atoms with Gasteiger partial charge in [-0.2, -0.15) is 0 Å². The zero-order valence-corrected chi connectivity index (χ0v) is 14.0. The number of benzene rings is 1. The van der Waals surface area contributed by atoms with Crippen molar-refractivity contribution in [3.63, 3.8) is 0 Å². The normalized spacial score (nSPS) is 10.5. The van der Waals surface area contributed by atoms with Gasteiger partial charge in [-0.1, -0.05) is 62.9 Å². The second-order valence-corrected chi connectivity index (χ2v) is 5.76. The Kier molecular flexibility index (Phi) is 6.79. The van der Waals surface area contributed by atoms with Crippen LogP contribution in [0.15, 0.2) is 42.5 Å². The van der Waals surface area contributed by atoms with Gasteiger partial charge in [0, 0.05) is 11.6 Å². The molecule has 1 heterocycles. The highest BCUT2D eigenvalue weighted by Crippen LogP contribution is 2.14. The second kappa shape index (κ2) is 9.09. The molecule has 0 amide bonds. The predicted molar refractivity (Wildman–Crippen MR) is 93.1 cm³/mol. The number of methoxy groups -OCH3 is 1. The van der Waals surface area contributed by atoms with Crippen LogP contribution in [0.1, 0.15) is 60.6 Å². The number of hydrogen-bond acceptors (Lipinski definition) is 3. The third kappa shape index (κ3) is 5.20.